The third-order valence-electron chi connectivity index (χ3n) is 4.58. The Bertz CT molecular complexity index is 775. The van der Waals surface area contributed by atoms with Crippen LogP contribution in [-0.4, -0.2) is 44.2 Å². The van der Waals surface area contributed by atoms with Crippen LogP contribution in [0.3, 0.4) is 0 Å². The van der Waals surface area contributed by atoms with E-state index >= 15 is 0 Å². The van der Waals surface area contributed by atoms with E-state index in [0.717, 1.165) is 11.8 Å². The first-order valence-electron chi connectivity index (χ1n) is 8.29. The predicted molar refractivity (Wildman–Crippen MR) is 95.3 cm³/mol. The molecule has 2 N–H and O–H groups in total. The molecule has 1 amide bonds. The molecular formula is C17H24N2O5S. The molecule has 0 bridgehead atoms. The summed E-state index contributed by atoms with van der Waals surface area (Å²) < 4.78 is 25.1. The number of carboxylic acids is 1. The molecule has 8 heteroatoms. The molecule has 1 aliphatic heterocycles. The number of hydrogen-bond acceptors (Lipinski definition) is 4. The molecule has 1 heterocycles. The first-order valence-corrected chi connectivity index (χ1v) is 10.1. The van der Waals surface area contributed by atoms with E-state index in [1.54, 1.807) is 19.1 Å². The fourth-order valence-electron chi connectivity index (χ4n) is 2.96. The van der Waals surface area contributed by atoms with E-state index in [1.165, 1.54) is 10.4 Å². The Labute approximate surface area is 148 Å². The predicted octanol–water partition coefficient (Wildman–Crippen LogP) is 1.63. The van der Waals surface area contributed by atoms with Crippen LogP contribution in [0.25, 0.3) is 0 Å². The van der Waals surface area contributed by atoms with Gasteiger partial charge >= 0.3 is 5.97 Å². The van der Waals surface area contributed by atoms with Crippen molar-refractivity contribution in [1.29, 1.82) is 0 Å². The molecule has 7 nitrogen and oxygen atoms in total. The minimum absolute atomic E-state index is 0.195. The number of carboxylic acid groups (broad SMARTS) is 1. The Hall–Kier alpha value is -2.09. The number of carbonyl (C=O) groups excluding carboxylic acids is 1. The molecule has 2 atom stereocenters. The van der Waals surface area contributed by atoms with Crippen LogP contribution < -0.4 is 9.62 Å². The first kappa shape index (κ1) is 19.2. The highest BCUT2D eigenvalue weighted by atomic mass is 32.2. The van der Waals surface area contributed by atoms with Gasteiger partial charge in [-0.1, -0.05) is 20.3 Å². The molecule has 2 rings (SSSR count). The average Bonchev–Trinajstić information content (AvgIpc) is 2.56. The third kappa shape index (κ3) is 4.31. The van der Waals surface area contributed by atoms with E-state index in [9.17, 15) is 23.1 Å². The van der Waals surface area contributed by atoms with E-state index in [-0.39, 0.29) is 5.92 Å². The lowest BCUT2D eigenvalue weighted by Crippen LogP contribution is -2.45. The summed E-state index contributed by atoms with van der Waals surface area (Å²) in [5.41, 5.74) is 1.70. The van der Waals surface area contributed by atoms with Crippen LogP contribution in [0.5, 0.6) is 0 Å². The van der Waals surface area contributed by atoms with Gasteiger partial charge in [0.15, 0.2) is 0 Å². The molecule has 0 aliphatic carbocycles. The molecule has 0 spiro atoms. The summed E-state index contributed by atoms with van der Waals surface area (Å²) in [5, 5.41) is 11.9. The maximum Gasteiger partial charge on any atom is 0.326 e. The van der Waals surface area contributed by atoms with Gasteiger partial charge in [-0.05, 0) is 42.5 Å². The van der Waals surface area contributed by atoms with E-state index in [1.807, 2.05) is 6.92 Å². The first-order chi connectivity index (χ1) is 11.6. The minimum Gasteiger partial charge on any atom is -0.480 e. The number of nitrogens with zero attached hydrogens (tertiary/aromatic N) is 1. The van der Waals surface area contributed by atoms with Crippen molar-refractivity contribution < 1.29 is 23.1 Å². The summed E-state index contributed by atoms with van der Waals surface area (Å²) >= 11 is 0. The molecule has 0 fully saturated rings. The minimum atomic E-state index is -3.36. The van der Waals surface area contributed by atoms with Gasteiger partial charge < -0.3 is 10.4 Å². The summed E-state index contributed by atoms with van der Waals surface area (Å²) in [5.74, 6) is -1.73. The number of sulfonamides is 1. The van der Waals surface area contributed by atoms with Crippen LogP contribution in [-0.2, 0) is 21.2 Å². The second-order valence-corrected chi connectivity index (χ2v) is 8.36. The average molecular weight is 368 g/mol. The van der Waals surface area contributed by atoms with Crippen LogP contribution in [0.2, 0.25) is 0 Å². The van der Waals surface area contributed by atoms with Gasteiger partial charge in [-0.25, -0.2) is 13.2 Å². The van der Waals surface area contributed by atoms with Crippen molar-refractivity contribution in [2.45, 2.75) is 39.2 Å². The summed E-state index contributed by atoms with van der Waals surface area (Å²) in [4.78, 5) is 23.8. The number of aliphatic carboxylic acids is 1. The number of amides is 1. The van der Waals surface area contributed by atoms with E-state index in [0.29, 0.717) is 37.1 Å². The summed E-state index contributed by atoms with van der Waals surface area (Å²) in [6.45, 7) is 4.06. The molecule has 1 aromatic rings. The second-order valence-electron chi connectivity index (χ2n) is 6.46. The van der Waals surface area contributed by atoms with Crippen molar-refractivity contribution in [3.8, 4) is 0 Å². The van der Waals surface area contributed by atoms with Gasteiger partial charge in [0.25, 0.3) is 5.91 Å². The zero-order chi connectivity index (χ0) is 18.8. The van der Waals surface area contributed by atoms with Crippen LogP contribution >= 0.6 is 0 Å². The van der Waals surface area contributed by atoms with Gasteiger partial charge in [0.2, 0.25) is 10.0 Å². The fourth-order valence-corrected chi connectivity index (χ4v) is 3.95. The Balaban J connectivity index is 2.27. The molecular weight excluding hydrogens is 344 g/mol. The largest absolute Gasteiger partial charge is 0.480 e. The fraction of sp³-hybridized carbons (Fsp3) is 0.529. The maximum absolute atomic E-state index is 12.4. The van der Waals surface area contributed by atoms with Gasteiger partial charge in [-0.15, -0.1) is 0 Å². The lowest BCUT2D eigenvalue weighted by atomic mass is 9.97. The number of nitrogens with one attached hydrogen (secondary N) is 1. The molecule has 1 aliphatic rings. The topological polar surface area (TPSA) is 104 Å². The Morgan fingerprint density at radius 3 is 2.60 bits per heavy atom. The molecule has 138 valence electrons. The summed E-state index contributed by atoms with van der Waals surface area (Å²) in [6, 6.07) is 3.84. The third-order valence-corrected chi connectivity index (χ3v) is 5.76. The summed E-state index contributed by atoms with van der Waals surface area (Å²) in [7, 11) is -3.36. The molecule has 0 unspecified atom stereocenters. The normalized spacial score (nSPS) is 16.7. The van der Waals surface area contributed by atoms with Crippen molar-refractivity contribution in [3.05, 3.63) is 29.3 Å². The SMILES string of the molecule is CC[C@@H](C)[C@@H](NC(=O)c1ccc2c(c1)CCCN2S(C)(=O)=O)C(=O)O. The van der Waals surface area contributed by atoms with Crippen molar-refractivity contribution in [2.75, 3.05) is 17.1 Å². The highest BCUT2D eigenvalue weighted by molar-refractivity contribution is 7.92. The van der Waals surface area contributed by atoms with Crippen molar-refractivity contribution >= 4 is 27.6 Å². The highest BCUT2D eigenvalue weighted by Crippen LogP contribution is 2.30. The van der Waals surface area contributed by atoms with Gasteiger partial charge in [0.1, 0.15) is 6.04 Å². The maximum atomic E-state index is 12.4. The lowest BCUT2D eigenvalue weighted by molar-refractivity contribution is -0.140. The van der Waals surface area contributed by atoms with Crippen LogP contribution in [0, 0.1) is 5.92 Å². The van der Waals surface area contributed by atoms with Crippen molar-refractivity contribution in [1.82, 2.24) is 5.32 Å². The monoisotopic (exact) mass is 368 g/mol. The van der Waals surface area contributed by atoms with Crippen LogP contribution in [0.4, 0.5) is 5.69 Å². The lowest BCUT2D eigenvalue weighted by Gasteiger charge is -2.29. The van der Waals surface area contributed by atoms with Crippen LogP contribution in [0.15, 0.2) is 18.2 Å². The Morgan fingerprint density at radius 2 is 2.04 bits per heavy atom. The molecule has 0 aromatic heterocycles. The van der Waals surface area contributed by atoms with Gasteiger partial charge in [-0.2, -0.15) is 0 Å². The Morgan fingerprint density at radius 1 is 1.36 bits per heavy atom. The number of benzene rings is 1. The zero-order valence-electron chi connectivity index (χ0n) is 14.7. The molecule has 0 saturated heterocycles. The number of anilines is 1. The number of rotatable bonds is 6. The smallest absolute Gasteiger partial charge is 0.326 e. The zero-order valence-corrected chi connectivity index (χ0v) is 15.5. The number of fused-ring (bicyclic) bond motifs is 1. The molecule has 25 heavy (non-hydrogen) atoms. The van der Waals surface area contributed by atoms with Gasteiger partial charge in [-0.3, -0.25) is 9.10 Å². The van der Waals surface area contributed by atoms with E-state index in [4.69, 9.17) is 0 Å². The number of aryl methyl sites for hydroxylation is 1. The molecule has 0 saturated carbocycles. The van der Waals surface area contributed by atoms with Gasteiger partial charge in [0, 0.05) is 12.1 Å². The standard InChI is InChI=1S/C17H24N2O5S/c1-4-11(2)15(17(21)22)18-16(20)13-7-8-14-12(10-13)6-5-9-19(14)25(3,23)24/h7-8,10-11,15H,4-6,9H2,1-3H3,(H,18,20)(H,21,22)/t11-,15-/m1/s1. The number of hydrogen-bond donors (Lipinski definition) is 2. The molecule has 0 radical (unpaired) electrons. The highest BCUT2D eigenvalue weighted by Gasteiger charge is 2.28. The van der Waals surface area contributed by atoms with Crippen LogP contribution in [0.1, 0.15) is 42.6 Å². The van der Waals surface area contributed by atoms with Crippen molar-refractivity contribution in [2.24, 2.45) is 5.92 Å². The second kappa shape index (κ2) is 7.43. The quantitative estimate of drug-likeness (QED) is 0.794. The Kier molecular flexibility index (Phi) is 5.72. The summed E-state index contributed by atoms with van der Waals surface area (Å²) in [6.07, 6.45) is 3.14. The number of carbonyl (C=O) groups is 2. The van der Waals surface area contributed by atoms with Gasteiger partial charge in [0.05, 0.1) is 11.9 Å². The van der Waals surface area contributed by atoms with Crippen molar-refractivity contribution in [3.63, 3.8) is 0 Å². The van der Waals surface area contributed by atoms with E-state index in [2.05, 4.69) is 5.32 Å². The van der Waals surface area contributed by atoms with E-state index < -0.39 is 27.9 Å². The molecule has 1 aromatic carbocycles.